The van der Waals surface area contributed by atoms with E-state index in [-0.39, 0.29) is 17.7 Å². The molecule has 1 fully saturated rings. The van der Waals surface area contributed by atoms with Crippen LogP contribution in [0.5, 0.6) is 5.75 Å². The van der Waals surface area contributed by atoms with E-state index in [1.165, 1.54) is 0 Å². The van der Waals surface area contributed by atoms with Crippen LogP contribution >= 0.6 is 0 Å². The maximum absolute atomic E-state index is 12.0. The van der Waals surface area contributed by atoms with E-state index in [1.807, 2.05) is 0 Å². The van der Waals surface area contributed by atoms with Crippen molar-refractivity contribution in [2.45, 2.75) is 19.4 Å². The van der Waals surface area contributed by atoms with Gasteiger partial charge in [0.25, 0.3) is 0 Å². The van der Waals surface area contributed by atoms with Gasteiger partial charge in [-0.15, -0.1) is 0 Å². The molecule has 0 amide bonds. The highest BCUT2D eigenvalue weighted by Gasteiger charge is 2.35. The molecule has 4 heteroatoms. The second-order valence-electron chi connectivity index (χ2n) is 4.16. The fraction of sp³-hybridized carbons (Fsp3) is 0.385. The SMILES string of the molecule is COc1ccc(C(=O)C2CC(C)C(=O)O2)cc1. The van der Waals surface area contributed by atoms with E-state index < -0.39 is 6.10 Å². The monoisotopic (exact) mass is 234 g/mol. The van der Waals surface area contributed by atoms with Gasteiger partial charge in [-0.3, -0.25) is 9.59 Å². The van der Waals surface area contributed by atoms with Gasteiger partial charge in [-0.2, -0.15) is 0 Å². The molecule has 2 rings (SSSR count). The lowest BCUT2D eigenvalue weighted by Crippen LogP contribution is -2.20. The number of hydrogen-bond donors (Lipinski definition) is 0. The largest absolute Gasteiger partial charge is 0.497 e. The van der Waals surface area contributed by atoms with E-state index in [0.29, 0.717) is 17.7 Å². The third-order valence-corrected chi connectivity index (χ3v) is 2.90. The average Bonchev–Trinajstić information content (AvgIpc) is 2.69. The predicted molar refractivity (Wildman–Crippen MR) is 61.0 cm³/mol. The first-order valence-corrected chi connectivity index (χ1v) is 5.50. The zero-order chi connectivity index (χ0) is 12.4. The maximum atomic E-state index is 12.0. The molecule has 0 saturated carbocycles. The fourth-order valence-corrected chi connectivity index (χ4v) is 1.82. The summed E-state index contributed by atoms with van der Waals surface area (Å²) in [6, 6.07) is 6.79. The summed E-state index contributed by atoms with van der Waals surface area (Å²) in [4.78, 5) is 23.2. The maximum Gasteiger partial charge on any atom is 0.309 e. The molecular formula is C13H14O4. The smallest absolute Gasteiger partial charge is 0.309 e. The van der Waals surface area contributed by atoms with Gasteiger partial charge in [-0.05, 0) is 24.3 Å². The zero-order valence-corrected chi connectivity index (χ0v) is 9.80. The Kier molecular flexibility index (Phi) is 3.13. The molecule has 0 bridgehead atoms. The van der Waals surface area contributed by atoms with Gasteiger partial charge in [0.05, 0.1) is 13.0 Å². The van der Waals surface area contributed by atoms with Crippen LogP contribution in [0.4, 0.5) is 0 Å². The van der Waals surface area contributed by atoms with Crippen molar-refractivity contribution in [2.75, 3.05) is 7.11 Å². The van der Waals surface area contributed by atoms with E-state index in [4.69, 9.17) is 9.47 Å². The number of ether oxygens (including phenoxy) is 2. The first kappa shape index (κ1) is 11.6. The van der Waals surface area contributed by atoms with Crippen LogP contribution in [0.15, 0.2) is 24.3 Å². The quantitative estimate of drug-likeness (QED) is 0.591. The number of carbonyl (C=O) groups excluding carboxylic acids is 2. The predicted octanol–water partition coefficient (Wildman–Crippen LogP) is 1.83. The number of methoxy groups -OCH3 is 1. The standard InChI is InChI=1S/C13H14O4/c1-8-7-11(17-13(8)15)12(14)9-3-5-10(16-2)6-4-9/h3-6,8,11H,7H2,1-2H3. The summed E-state index contributed by atoms with van der Waals surface area (Å²) in [7, 11) is 1.57. The van der Waals surface area contributed by atoms with Gasteiger partial charge in [0.1, 0.15) is 5.75 Å². The Bertz CT molecular complexity index is 435. The molecule has 0 aromatic heterocycles. The van der Waals surface area contributed by atoms with E-state index in [1.54, 1.807) is 38.3 Å². The second-order valence-corrected chi connectivity index (χ2v) is 4.16. The molecular weight excluding hydrogens is 220 g/mol. The Hall–Kier alpha value is -1.84. The molecule has 1 saturated heterocycles. The van der Waals surface area contributed by atoms with Crippen LogP contribution in [0.2, 0.25) is 0 Å². The van der Waals surface area contributed by atoms with Crippen molar-refractivity contribution in [3.63, 3.8) is 0 Å². The minimum Gasteiger partial charge on any atom is -0.497 e. The van der Waals surface area contributed by atoms with Crippen LogP contribution < -0.4 is 4.74 Å². The van der Waals surface area contributed by atoms with Crippen molar-refractivity contribution in [1.82, 2.24) is 0 Å². The number of esters is 1. The minimum atomic E-state index is -0.633. The van der Waals surface area contributed by atoms with Crippen molar-refractivity contribution in [3.8, 4) is 5.75 Å². The van der Waals surface area contributed by atoms with E-state index >= 15 is 0 Å². The Morgan fingerprint density at radius 2 is 2.00 bits per heavy atom. The van der Waals surface area contributed by atoms with Crippen LogP contribution in [-0.2, 0) is 9.53 Å². The van der Waals surface area contributed by atoms with Gasteiger partial charge < -0.3 is 9.47 Å². The topological polar surface area (TPSA) is 52.6 Å². The van der Waals surface area contributed by atoms with Gasteiger partial charge >= 0.3 is 5.97 Å². The molecule has 0 radical (unpaired) electrons. The second kappa shape index (κ2) is 4.57. The Morgan fingerprint density at radius 1 is 1.35 bits per heavy atom. The van der Waals surface area contributed by atoms with Crippen LogP contribution in [0.25, 0.3) is 0 Å². The van der Waals surface area contributed by atoms with Crippen molar-refractivity contribution in [2.24, 2.45) is 5.92 Å². The number of benzene rings is 1. The number of cyclic esters (lactones) is 1. The molecule has 90 valence electrons. The van der Waals surface area contributed by atoms with Crippen molar-refractivity contribution < 1.29 is 19.1 Å². The lowest BCUT2D eigenvalue weighted by molar-refractivity contribution is -0.142. The molecule has 1 aromatic rings. The van der Waals surface area contributed by atoms with Crippen LogP contribution in [0, 0.1) is 5.92 Å². The summed E-state index contributed by atoms with van der Waals surface area (Å²) in [5, 5.41) is 0. The van der Waals surface area contributed by atoms with E-state index in [0.717, 1.165) is 0 Å². The van der Waals surface area contributed by atoms with Gasteiger partial charge in [-0.25, -0.2) is 0 Å². The summed E-state index contributed by atoms with van der Waals surface area (Å²) in [6.07, 6.45) is -0.171. The molecule has 4 nitrogen and oxygen atoms in total. The number of ketones is 1. The molecule has 0 aliphatic carbocycles. The van der Waals surface area contributed by atoms with Crippen LogP contribution in [0.1, 0.15) is 23.7 Å². The molecule has 0 N–H and O–H groups in total. The molecule has 1 aromatic carbocycles. The molecule has 17 heavy (non-hydrogen) atoms. The molecule has 0 spiro atoms. The van der Waals surface area contributed by atoms with E-state index in [9.17, 15) is 9.59 Å². The van der Waals surface area contributed by atoms with Gasteiger partial charge in [-0.1, -0.05) is 6.92 Å². The first-order chi connectivity index (χ1) is 8.11. The lowest BCUT2D eigenvalue weighted by atomic mass is 10.0. The third-order valence-electron chi connectivity index (χ3n) is 2.90. The molecule has 1 aliphatic heterocycles. The lowest BCUT2D eigenvalue weighted by Gasteiger charge is -2.08. The number of carbonyl (C=O) groups is 2. The Morgan fingerprint density at radius 3 is 2.47 bits per heavy atom. The molecule has 1 aliphatic rings. The molecule has 2 atom stereocenters. The summed E-state index contributed by atoms with van der Waals surface area (Å²) in [5.41, 5.74) is 0.540. The van der Waals surface area contributed by atoms with Crippen molar-refractivity contribution in [1.29, 1.82) is 0 Å². The highest BCUT2D eigenvalue weighted by molar-refractivity contribution is 6.01. The summed E-state index contributed by atoms with van der Waals surface area (Å²) in [6.45, 7) is 1.77. The van der Waals surface area contributed by atoms with E-state index in [2.05, 4.69) is 0 Å². The fourth-order valence-electron chi connectivity index (χ4n) is 1.82. The zero-order valence-electron chi connectivity index (χ0n) is 9.80. The Balaban J connectivity index is 2.12. The summed E-state index contributed by atoms with van der Waals surface area (Å²) < 4.78 is 10.0. The van der Waals surface area contributed by atoms with Gasteiger partial charge in [0.2, 0.25) is 5.78 Å². The van der Waals surface area contributed by atoms with Crippen LogP contribution in [0.3, 0.4) is 0 Å². The number of rotatable bonds is 3. The molecule has 2 unspecified atom stereocenters. The normalized spacial score (nSPS) is 23.3. The highest BCUT2D eigenvalue weighted by Crippen LogP contribution is 2.24. The third kappa shape index (κ3) is 2.30. The van der Waals surface area contributed by atoms with Crippen molar-refractivity contribution >= 4 is 11.8 Å². The molecule has 1 heterocycles. The van der Waals surface area contributed by atoms with Gasteiger partial charge in [0, 0.05) is 12.0 Å². The van der Waals surface area contributed by atoms with Crippen molar-refractivity contribution in [3.05, 3.63) is 29.8 Å². The van der Waals surface area contributed by atoms with Gasteiger partial charge in [0.15, 0.2) is 6.10 Å². The average molecular weight is 234 g/mol. The number of hydrogen-bond acceptors (Lipinski definition) is 4. The highest BCUT2D eigenvalue weighted by atomic mass is 16.6. The Labute approximate surface area is 99.5 Å². The summed E-state index contributed by atoms with van der Waals surface area (Å²) >= 11 is 0. The van der Waals surface area contributed by atoms with Crippen LogP contribution in [-0.4, -0.2) is 25.0 Å². The minimum absolute atomic E-state index is 0.148. The first-order valence-electron chi connectivity index (χ1n) is 5.50. The summed E-state index contributed by atoms with van der Waals surface area (Å²) in [5.74, 6) is 0.0581. The number of Topliss-reactive ketones (excluding diaryl/α,β-unsaturated/α-hetero) is 1.